The first kappa shape index (κ1) is 23.9. The predicted molar refractivity (Wildman–Crippen MR) is 117 cm³/mol. The fraction of sp³-hybridized carbons (Fsp3) is 0.600. The summed E-state index contributed by atoms with van der Waals surface area (Å²) in [5.41, 5.74) is 7.92. The van der Waals surface area contributed by atoms with E-state index in [-0.39, 0.29) is 48.8 Å². The second-order valence-corrected chi connectivity index (χ2v) is 7.59. The summed E-state index contributed by atoms with van der Waals surface area (Å²) in [5, 5.41) is 0. The molecule has 3 heterocycles. The van der Waals surface area contributed by atoms with Crippen LogP contribution in [0.3, 0.4) is 0 Å². The number of halogens is 2. The number of ether oxygens (including phenoxy) is 1. The fourth-order valence-corrected chi connectivity index (χ4v) is 4.26. The highest BCUT2D eigenvalue weighted by atomic mass is 35.5. The molecule has 2 atom stereocenters. The van der Waals surface area contributed by atoms with Gasteiger partial charge in [0.15, 0.2) is 0 Å². The number of nitrogens with two attached hydrogens (primary N) is 1. The van der Waals surface area contributed by atoms with Crippen molar-refractivity contribution in [2.75, 3.05) is 50.7 Å². The number of carbonyl (C=O) groups is 2. The molecule has 2 fully saturated rings. The molecular weight excluding hydrogens is 415 g/mol. The van der Waals surface area contributed by atoms with E-state index in [1.54, 1.807) is 0 Å². The third-order valence-electron chi connectivity index (χ3n) is 5.88. The number of rotatable bonds is 4. The molecule has 162 valence electrons. The lowest BCUT2D eigenvalue weighted by Gasteiger charge is -2.36. The molecular formula is C20H30Cl2N4O3. The summed E-state index contributed by atoms with van der Waals surface area (Å²) >= 11 is 0. The van der Waals surface area contributed by atoms with Crippen molar-refractivity contribution in [3.05, 3.63) is 29.8 Å². The number of amides is 2. The van der Waals surface area contributed by atoms with Gasteiger partial charge >= 0.3 is 0 Å². The molecule has 7 nitrogen and oxygen atoms in total. The maximum Gasteiger partial charge on any atom is 0.251 e. The van der Waals surface area contributed by atoms with Crippen LogP contribution in [-0.2, 0) is 20.7 Å². The minimum atomic E-state index is -0.340. The summed E-state index contributed by atoms with van der Waals surface area (Å²) in [6.07, 6.45) is 2.22. The zero-order valence-electron chi connectivity index (χ0n) is 16.5. The van der Waals surface area contributed by atoms with Crippen molar-refractivity contribution in [1.82, 2.24) is 9.80 Å². The summed E-state index contributed by atoms with van der Waals surface area (Å²) < 4.78 is 5.73. The molecule has 29 heavy (non-hydrogen) atoms. The minimum absolute atomic E-state index is 0. The number of hydrogen-bond acceptors (Lipinski definition) is 5. The molecule has 0 saturated carbocycles. The molecule has 2 N–H and O–H groups in total. The molecule has 0 unspecified atom stereocenters. The molecule has 0 aliphatic carbocycles. The first-order valence-electron chi connectivity index (χ1n) is 9.90. The van der Waals surface area contributed by atoms with Gasteiger partial charge < -0.3 is 20.3 Å². The molecule has 3 aliphatic rings. The molecule has 2 amide bonds. The van der Waals surface area contributed by atoms with Gasteiger partial charge in [-0.2, -0.15) is 0 Å². The van der Waals surface area contributed by atoms with Crippen LogP contribution in [0.25, 0.3) is 0 Å². The molecule has 0 spiro atoms. The van der Waals surface area contributed by atoms with E-state index in [0.29, 0.717) is 26.2 Å². The fourth-order valence-electron chi connectivity index (χ4n) is 4.26. The van der Waals surface area contributed by atoms with Gasteiger partial charge in [0.25, 0.3) is 5.91 Å². The first-order valence-corrected chi connectivity index (χ1v) is 9.90. The van der Waals surface area contributed by atoms with Gasteiger partial charge in [0.1, 0.15) is 6.10 Å². The van der Waals surface area contributed by atoms with E-state index in [1.807, 2.05) is 28.0 Å². The predicted octanol–water partition coefficient (Wildman–Crippen LogP) is 1.07. The van der Waals surface area contributed by atoms with Crippen molar-refractivity contribution >= 4 is 42.3 Å². The summed E-state index contributed by atoms with van der Waals surface area (Å²) in [4.78, 5) is 31.3. The highest BCUT2D eigenvalue weighted by molar-refractivity contribution is 5.96. The van der Waals surface area contributed by atoms with Gasteiger partial charge in [-0.05, 0) is 30.9 Å². The number of carbonyl (C=O) groups excluding carboxylic acids is 2. The van der Waals surface area contributed by atoms with Gasteiger partial charge in [0.05, 0.1) is 12.6 Å². The van der Waals surface area contributed by atoms with Crippen LogP contribution >= 0.6 is 24.8 Å². The molecule has 0 bridgehead atoms. The Morgan fingerprint density at radius 1 is 1.03 bits per heavy atom. The lowest BCUT2D eigenvalue weighted by atomic mass is 10.1. The van der Waals surface area contributed by atoms with E-state index in [2.05, 4.69) is 11.0 Å². The van der Waals surface area contributed by atoms with Crippen molar-refractivity contribution in [2.45, 2.75) is 31.5 Å². The topological polar surface area (TPSA) is 79.1 Å². The third-order valence-corrected chi connectivity index (χ3v) is 5.88. The normalized spacial score (nSPS) is 23.9. The number of hydrogen-bond donors (Lipinski definition) is 1. The van der Waals surface area contributed by atoms with E-state index in [1.165, 1.54) is 5.56 Å². The number of nitrogens with zero attached hydrogens (tertiary/aromatic N) is 3. The van der Waals surface area contributed by atoms with Gasteiger partial charge in [-0.3, -0.25) is 14.5 Å². The Morgan fingerprint density at radius 3 is 2.45 bits per heavy atom. The van der Waals surface area contributed by atoms with Crippen LogP contribution in [0.2, 0.25) is 0 Å². The van der Waals surface area contributed by atoms with Crippen molar-refractivity contribution in [1.29, 1.82) is 0 Å². The van der Waals surface area contributed by atoms with E-state index < -0.39 is 0 Å². The zero-order valence-corrected chi connectivity index (χ0v) is 18.1. The monoisotopic (exact) mass is 444 g/mol. The van der Waals surface area contributed by atoms with Crippen LogP contribution in [0, 0.1) is 0 Å². The largest absolute Gasteiger partial charge is 0.364 e. The molecule has 0 radical (unpaired) electrons. The average molecular weight is 445 g/mol. The Hall–Kier alpha value is -1.38. The quantitative estimate of drug-likeness (QED) is 0.750. The lowest BCUT2D eigenvalue weighted by Crippen LogP contribution is -2.53. The van der Waals surface area contributed by atoms with Crippen LogP contribution in [0.15, 0.2) is 24.3 Å². The van der Waals surface area contributed by atoms with Gasteiger partial charge in [0, 0.05) is 45.0 Å². The number of anilines is 1. The molecule has 4 rings (SSSR count). The molecule has 9 heteroatoms. The Bertz CT molecular complexity index is 713. The number of fused-ring (bicyclic) bond motifs is 1. The first-order chi connectivity index (χ1) is 13.2. The molecule has 3 aliphatic heterocycles. The lowest BCUT2D eigenvalue weighted by molar-refractivity contribution is -0.144. The van der Waals surface area contributed by atoms with Crippen LogP contribution in [0.4, 0.5) is 5.69 Å². The highest BCUT2D eigenvalue weighted by Crippen LogP contribution is 2.27. The van der Waals surface area contributed by atoms with E-state index in [9.17, 15) is 9.59 Å². The summed E-state index contributed by atoms with van der Waals surface area (Å²) in [6.45, 7) is 4.38. The average Bonchev–Trinajstić information content (AvgIpc) is 3.35. The number of benzene rings is 1. The van der Waals surface area contributed by atoms with Crippen LogP contribution < -0.4 is 10.6 Å². The Morgan fingerprint density at radius 2 is 1.76 bits per heavy atom. The van der Waals surface area contributed by atoms with Gasteiger partial charge in [0.2, 0.25) is 5.91 Å². The molecule has 1 aromatic carbocycles. The molecule has 2 saturated heterocycles. The number of para-hydroxylation sites is 1. The maximum atomic E-state index is 12.7. The van der Waals surface area contributed by atoms with Crippen molar-refractivity contribution in [3.63, 3.8) is 0 Å². The third kappa shape index (κ3) is 5.22. The van der Waals surface area contributed by atoms with E-state index in [4.69, 9.17) is 10.5 Å². The van der Waals surface area contributed by atoms with E-state index in [0.717, 1.165) is 44.6 Å². The van der Waals surface area contributed by atoms with Gasteiger partial charge in [-0.25, -0.2) is 0 Å². The Balaban J connectivity index is 0.00000150. The second kappa shape index (κ2) is 10.6. The summed E-state index contributed by atoms with van der Waals surface area (Å²) in [6, 6.07) is 8.11. The standard InChI is InChI=1S/C20H28N4O3.2ClH/c21-13-16-5-6-18(27-16)20(26)23-11-9-22(10-12-23)14-19(25)24-8-7-15-3-1-2-4-17(15)24;;/h1-4,16,18H,5-14,21H2;2*1H/t16-,18+;;/m1../s1. The number of piperazine rings is 1. The zero-order chi connectivity index (χ0) is 18.8. The highest BCUT2D eigenvalue weighted by Gasteiger charge is 2.34. The Kier molecular flexibility index (Phi) is 8.73. The summed E-state index contributed by atoms with van der Waals surface area (Å²) in [7, 11) is 0. The van der Waals surface area contributed by atoms with Crippen LogP contribution in [0.1, 0.15) is 18.4 Å². The smallest absolute Gasteiger partial charge is 0.251 e. The second-order valence-electron chi connectivity index (χ2n) is 7.59. The van der Waals surface area contributed by atoms with Gasteiger partial charge in [-0.1, -0.05) is 18.2 Å². The van der Waals surface area contributed by atoms with Crippen molar-refractivity contribution in [2.24, 2.45) is 5.73 Å². The summed E-state index contributed by atoms with van der Waals surface area (Å²) in [5.74, 6) is 0.218. The SMILES string of the molecule is Cl.Cl.NC[C@H]1CC[C@@H](C(=O)N2CCN(CC(=O)N3CCc4ccccc43)CC2)O1. The Labute approximate surface area is 184 Å². The molecule has 1 aromatic rings. The van der Waals surface area contributed by atoms with Gasteiger partial charge in [-0.15, -0.1) is 24.8 Å². The van der Waals surface area contributed by atoms with Crippen molar-refractivity contribution in [3.8, 4) is 0 Å². The van der Waals surface area contributed by atoms with Crippen LogP contribution in [0.5, 0.6) is 0 Å². The van der Waals surface area contributed by atoms with Crippen molar-refractivity contribution < 1.29 is 14.3 Å². The van der Waals surface area contributed by atoms with E-state index >= 15 is 0 Å². The minimum Gasteiger partial charge on any atom is -0.364 e. The molecule has 0 aromatic heterocycles. The van der Waals surface area contributed by atoms with Crippen LogP contribution in [-0.4, -0.2) is 79.6 Å². The maximum absolute atomic E-state index is 12.7.